The number of esters is 2. The Hall–Kier alpha value is -2.94. The van der Waals surface area contributed by atoms with Crippen LogP contribution in [0, 0.1) is 10.1 Å². The van der Waals surface area contributed by atoms with Crippen molar-refractivity contribution >= 4 is 22.8 Å². The second-order valence-electron chi connectivity index (χ2n) is 5.28. The normalized spacial score (nSPS) is 12.6. The molecule has 25 heavy (non-hydrogen) atoms. The molecule has 134 valence electrons. The molecule has 1 aromatic heterocycles. The summed E-state index contributed by atoms with van der Waals surface area (Å²) in [5.74, 6) is -3.40. The molecular formula is C16H18N2O7. The number of ether oxygens (including phenoxy) is 3. The van der Waals surface area contributed by atoms with E-state index in [0.29, 0.717) is 16.5 Å². The maximum atomic E-state index is 12.4. The lowest BCUT2D eigenvalue weighted by Crippen LogP contribution is -2.56. The average molecular weight is 350 g/mol. The molecule has 1 heterocycles. The molecule has 2 aromatic rings. The monoisotopic (exact) mass is 350 g/mol. The number of benzene rings is 1. The van der Waals surface area contributed by atoms with Gasteiger partial charge >= 0.3 is 11.9 Å². The van der Waals surface area contributed by atoms with E-state index >= 15 is 0 Å². The van der Waals surface area contributed by atoms with Crippen molar-refractivity contribution in [2.45, 2.75) is 11.5 Å². The summed E-state index contributed by atoms with van der Waals surface area (Å²) in [5, 5.41) is 11.9. The number of carbonyl (C=O) groups is 2. The number of carbonyl (C=O) groups excluding carboxylic acids is 2. The van der Waals surface area contributed by atoms with Gasteiger partial charge in [0.15, 0.2) is 0 Å². The topological polar surface area (TPSA) is 121 Å². The Morgan fingerprint density at radius 1 is 1.20 bits per heavy atom. The predicted octanol–water partition coefficient (Wildman–Crippen LogP) is 1.26. The Morgan fingerprint density at radius 2 is 1.80 bits per heavy atom. The third kappa shape index (κ3) is 3.05. The minimum absolute atomic E-state index is 0.380. The van der Waals surface area contributed by atoms with Crippen LogP contribution in [0.5, 0.6) is 0 Å². The van der Waals surface area contributed by atoms with Crippen molar-refractivity contribution in [3.05, 3.63) is 46.1 Å². The molecule has 0 spiro atoms. The first kappa shape index (κ1) is 18.4. The molecule has 0 aliphatic heterocycles. The molecule has 2 rings (SSSR count). The lowest BCUT2D eigenvalue weighted by atomic mass is 9.81. The molecule has 9 heteroatoms. The van der Waals surface area contributed by atoms with Crippen LogP contribution >= 0.6 is 0 Å². The molecule has 9 nitrogen and oxygen atoms in total. The highest BCUT2D eigenvalue weighted by Gasteiger charge is 2.58. The molecule has 0 radical (unpaired) electrons. The maximum Gasteiger partial charge on any atom is 0.350 e. The summed E-state index contributed by atoms with van der Waals surface area (Å²) in [6.07, 6.45) is 1.51. The Bertz CT molecular complexity index is 783. The standard InChI is InChI=1S/C16H18N2O7/c1-23-14(19)16(25-3,15(20)24-2)12(9-18(21)22)11-8-17-13-7-5-4-6-10(11)13/h4-8,12,17H,9H2,1-3H3. The number of para-hydroxylation sites is 1. The van der Waals surface area contributed by atoms with Gasteiger partial charge in [-0.25, -0.2) is 9.59 Å². The van der Waals surface area contributed by atoms with Crippen molar-refractivity contribution in [2.75, 3.05) is 27.9 Å². The Kier molecular flexibility index (Phi) is 5.38. The fourth-order valence-corrected chi connectivity index (χ4v) is 2.96. The van der Waals surface area contributed by atoms with E-state index in [2.05, 4.69) is 4.98 Å². The molecule has 0 aliphatic carbocycles. The molecular weight excluding hydrogens is 332 g/mol. The van der Waals surface area contributed by atoms with Gasteiger partial charge in [-0.2, -0.15) is 0 Å². The third-order valence-electron chi connectivity index (χ3n) is 4.12. The number of nitrogens with zero attached hydrogens (tertiary/aromatic N) is 1. The van der Waals surface area contributed by atoms with Crippen LogP contribution in [-0.4, -0.2) is 55.3 Å². The number of nitrogens with one attached hydrogen (secondary N) is 1. The Balaban J connectivity index is 2.74. The quantitative estimate of drug-likeness (QED) is 0.345. The van der Waals surface area contributed by atoms with Crippen LogP contribution in [0.15, 0.2) is 30.5 Å². The number of hydrogen-bond donors (Lipinski definition) is 1. The smallest absolute Gasteiger partial charge is 0.350 e. The molecule has 1 N–H and O–H groups in total. The largest absolute Gasteiger partial charge is 0.466 e. The van der Waals surface area contributed by atoms with Gasteiger partial charge in [0.2, 0.25) is 6.54 Å². The molecule has 0 bridgehead atoms. The van der Waals surface area contributed by atoms with Crippen LogP contribution in [0.2, 0.25) is 0 Å². The number of nitro groups is 1. The first-order chi connectivity index (χ1) is 11.9. The number of fused-ring (bicyclic) bond motifs is 1. The van der Waals surface area contributed by atoms with Crippen LogP contribution < -0.4 is 0 Å². The second-order valence-corrected chi connectivity index (χ2v) is 5.28. The van der Waals surface area contributed by atoms with Crippen LogP contribution in [-0.2, 0) is 23.8 Å². The number of rotatable bonds is 7. The Labute approximate surface area is 143 Å². The highest BCUT2D eigenvalue weighted by Crippen LogP contribution is 2.37. The minimum Gasteiger partial charge on any atom is -0.466 e. The second kappa shape index (κ2) is 7.31. The average Bonchev–Trinajstić information content (AvgIpc) is 3.04. The van der Waals surface area contributed by atoms with E-state index in [1.54, 1.807) is 24.3 Å². The molecule has 0 saturated heterocycles. The molecule has 0 aliphatic rings. The number of aromatic amines is 1. The van der Waals surface area contributed by atoms with E-state index in [-0.39, 0.29) is 0 Å². The molecule has 1 unspecified atom stereocenters. The van der Waals surface area contributed by atoms with Crippen LogP contribution in [0.3, 0.4) is 0 Å². The van der Waals surface area contributed by atoms with Crippen molar-refractivity contribution in [2.24, 2.45) is 0 Å². The molecule has 1 atom stereocenters. The first-order valence-electron chi connectivity index (χ1n) is 7.32. The number of aromatic nitrogens is 1. The van der Waals surface area contributed by atoms with Crippen molar-refractivity contribution in [3.63, 3.8) is 0 Å². The fraction of sp³-hybridized carbons (Fsp3) is 0.375. The van der Waals surface area contributed by atoms with Gasteiger partial charge in [-0.05, 0) is 11.6 Å². The van der Waals surface area contributed by atoms with Crippen LogP contribution in [0.25, 0.3) is 10.9 Å². The fourth-order valence-electron chi connectivity index (χ4n) is 2.96. The summed E-state index contributed by atoms with van der Waals surface area (Å²) >= 11 is 0. The van der Waals surface area contributed by atoms with Gasteiger partial charge in [0.05, 0.1) is 14.2 Å². The highest BCUT2D eigenvalue weighted by molar-refractivity contribution is 6.05. The summed E-state index contributed by atoms with van der Waals surface area (Å²) in [5.41, 5.74) is -1.22. The zero-order valence-corrected chi connectivity index (χ0v) is 14.0. The van der Waals surface area contributed by atoms with E-state index in [1.165, 1.54) is 6.20 Å². The number of hydrogen-bond acceptors (Lipinski definition) is 7. The van der Waals surface area contributed by atoms with E-state index in [0.717, 1.165) is 21.3 Å². The molecule has 0 saturated carbocycles. The maximum absolute atomic E-state index is 12.4. The highest BCUT2D eigenvalue weighted by atomic mass is 16.6. The van der Waals surface area contributed by atoms with Crippen molar-refractivity contribution in [3.8, 4) is 0 Å². The zero-order chi connectivity index (χ0) is 18.6. The summed E-state index contributed by atoms with van der Waals surface area (Å²) in [6, 6.07) is 7.03. The van der Waals surface area contributed by atoms with Gasteiger partial charge in [-0.3, -0.25) is 10.1 Å². The van der Waals surface area contributed by atoms with Crippen molar-refractivity contribution < 1.29 is 28.7 Å². The van der Waals surface area contributed by atoms with Gasteiger partial charge in [0.25, 0.3) is 5.60 Å². The van der Waals surface area contributed by atoms with Gasteiger partial charge in [0.1, 0.15) is 5.92 Å². The number of methoxy groups -OCH3 is 3. The van der Waals surface area contributed by atoms with Gasteiger partial charge in [-0.15, -0.1) is 0 Å². The van der Waals surface area contributed by atoms with Gasteiger partial charge in [0, 0.05) is 29.1 Å². The van der Waals surface area contributed by atoms with Crippen LogP contribution in [0.1, 0.15) is 11.5 Å². The van der Waals surface area contributed by atoms with Crippen molar-refractivity contribution in [1.29, 1.82) is 0 Å². The van der Waals surface area contributed by atoms with Crippen LogP contribution in [0.4, 0.5) is 0 Å². The molecule has 1 aromatic carbocycles. The lowest BCUT2D eigenvalue weighted by molar-refractivity contribution is -0.486. The predicted molar refractivity (Wildman–Crippen MR) is 86.7 cm³/mol. The van der Waals surface area contributed by atoms with E-state index < -0.39 is 34.9 Å². The summed E-state index contributed by atoms with van der Waals surface area (Å²) in [7, 11) is 3.24. The summed E-state index contributed by atoms with van der Waals surface area (Å²) < 4.78 is 14.6. The van der Waals surface area contributed by atoms with Gasteiger partial charge < -0.3 is 19.2 Å². The summed E-state index contributed by atoms with van der Waals surface area (Å²) in [4.78, 5) is 38.5. The summed E-state index contributed by atoms with van der Waals surface area (Å²) in [6.45, 7) is -0.736. The Morgan fingerprint density at radius 3 is 2.32 bits per heavy atom. The third-order valence-corrected chi connectivity index (χ3v) is 4.12. The van der Waals surface area contributed by atoms with E-state index in [9.17, 15) is 19.7 Å². The first-order valence-corrected chi connectivity index (χ1v) is 7.32. The van der Waals surface area contributed by atoms with E-state index in [1.807, 2.05) is 0 Å². The van der Waals surface area contributed by atoms with E-state index in [4.69, 9.17) is 14.2 Å². The molecule has 0 fully saturated rings. The lowest BCUT2D eigenvalue weighted by Gasteiger charge is -2.32. The van der Waals surface area contributed by atoms with Crippen molar-refractivity contribution in [1.82, 2.24) is 4.98 Å². The zero-order valence-electron chi connectivity index (χ0n) is 14.0. The number of H-pyrrole nitrogens is 1. The SMILES string of the molecule is COC(=O)C(OC)(C(=O)OC)C(C[N+](=O)[O-])c1c[nH]c2ccccc12. The minimum atomic E-state index is -2.30. The van der Waals surface area contributed by atoms with Gasteiger partial charge in [-0.1, -0.05) is 18.2 Å². The molecule has 0 amide bonds.